The van der Waals surface area contributed by atoms with Crippen LogP contribution in [0.3, 0.4) is 0 Å². The Balaban J connectivity index is 0.000000172. The van der Waals surface area contributed by atoms with Crippen molar-refractivity contribution in [2.45, 2.75) is 20.5 Å². The van der Waals surface area contributed by atoms with Crippen molar-refractivity contribution in [3.05, 3.63) is 126 Å². The Hall–Kier alpha value is -6.86. The van der Waals surface area contributed by atoms with Crippen molar-refractivity contribution in [3.63, 3.8) is 0 Å². The van der Waals surface area contributed by atoms with Gasteiger partial charge < -0.3 is 35.0 Å². The van der Waals surface area contributed by atoms with Crippen LogP contribution in [0.5, 0.6) is 11.5 Å². The van der Waals surface area contributed by atoms with E-state index in [4.69, 9.17) is 24.7 Å². The summed E-state index contributed by atoms with van der Waals surface area (Å²) in [5, 5.41) is 25.9. The van der Waals surface area contributed by atoms with Crippen LogP contribution in [-0.2, 0) is 11.3 Å². The van der Waals surface area contributed by atoms with Gasteiger partial charge in [-0.15, -0.1) is 0 Å². The molecule has 2 aliphatic heterocycles. The summed E-state index contributed by atoms with van der Waals surface area (Å²) in [6.45, 7) is 10.3. The molecule has 13 heteroatoms. The molecule has 3 N–H and O–H groups in total. The van der Waals surface area contributed by atoms with Crippen molar-refractivity contribution in [3.8, 4) is 34.3 Å². The van der Waals surface area contributed by atoms with E-state index in [1.54, 1.807) is 41.6 Å². The molecule has 0 bridgehead atoms. The van der Waals surface area contributed by atoms with E-state index >= 15 is 0 Å². The van der Waals surface area contributed by atoms with Gasteiger partial charge in [0, 0.05) is 81.1 Å². The molecule has 2 aliphatic rings. The molecule has 2 fully saturated rings. The zero-order valence-corrected chi connectivity index (χ0v) is 32.5. The monoisotopic (exact) mass is 775 g/mol. The first kappa shape index (κ1) is 38.0. The second-order valence-corrected chi connectivity index (χ2v) is 14.4. The number of piperazine rings is 2. The van der Waals surface area contributed by atoms with E-state index in [9.17, 15) is 15.0 Å². The number of fused-ring (bicyclic) bond motifs is 2. The summed E-state index contributed by atoms with van der Waals surface area (Å²) >= 11 is 0. The highest BCUT2D eigenvalue weighted by Gasteiger charge is 2.25. The summed E-state index contributed by atoms with van der Waals surface area (Å²) in [5.74, 6) is 3.13. The topological polar surface area (TPSA) is 153 Å². The zero-order chi connectivity index (χ0) is 40.0. The van der Waals surface area contributed by atoms with E-state index in [2.05, 4.69) is 45.2 Å². The van der Waals surface area contributed by atoms with Crippen LogP contribution in [0.15, 0.2) is 109 Å². The van der Waals surface area contributed by atoms with Gasteiger partial charge in [0.2, 0.25) is 0 Å². The van der Waals surface area contributed by atoms with Crippen molar-refractivity contribution >= 4 is 39.5 Å². The predicted molar refractivity (Wildman–Crippen MR) is 226 cm³/mol. The van der Waals surface area contributed by atoms with Gasteiger partial charge in [-0.1, -0.05) is 42.5 Å². The van der Waals surface area contributed by atoms with Crippen molar-refractivity contribution in [1.29, 1.82) is 0 Å². The smallest absolute Gasteiger partial charge is 0.410 e. The number of carbonyl (C=O) groups excluding carboxylic acids is 1. The molecule has 1 amide bonds. The number of aromatic nitrogens is 5. The molecule has 0 atom stereocenters. The SMILES string of the molecule is Cc1ccc2c(N3CCN(C(=O)OCc4cccnc4)CC3)nc(-c3ccccc3O)nc2c1.Cc1ccc2c(N3CCNCC3)nc(-c3ccccc3O)nc2c1. The number of aryl methyl sites for hydroxylation is 2. The van der Waals surface area contributed by atoms with Crippen molar-refractivity contribution in [2.24, 2.45) is 0 Å². The van der Waals surface area contributed by atoms with Crippen LogP contribution in [0, 0.1) is 13.8 Å². The van der Waals surface area contributed by atoms with Crippen LogP contribution < -0.4 is 15.1 Å². The number of aromatic hydroxyl groups is 2. The highest BCUT2D eigenvalue weighted by molar-refractivity contribution is 5.93. The molecule has 0 aliphatic carbocycles. The van der Waals surface area contributed by atoms with Crippen molar-refractivity contribution in [2.75, 3.05) is 62.2 Å². The van der Waals surface area contributed by atoms with Crippen molar-refractivity contribution < 1.29 is 19.7 Å². The average molecular weight is 776 g/mol. The largest absolute Gasteiger partial charge is 0.507 e. The first-order chi connectivity index (χ1) is 28.3. The molecule has 294 valence electrons. The lowest BCUT2D eigenvalue weighted by molar-refractivity contribution is 0.0941. The number of carbonyl (C=O) groups is 1. The number of para-hydroxylation sites is 2. The number of ether oxygens (including phenoxy) is 1. The molecule has 13 nitrogen and oxygen atoms in total. The van der Waals surface area contributed by atoms with Crippen LogP contribution in [0.1, 0.15) is 16.7 Å². The summed E-state index contributed by atoms with van der Waals surface area (Å²) in [5.41, 5.74) is 6.10. The van der Waals surface area contributed by atoms with Gasteiger partial charge in [0.05, 0.1) is 22.2 Å². The number of phenolic OH excluding ortho intramolecular Hbond substituents is 2. The number of nitrogens with zero attached hydrogens (tertiary/aromatic N) is 8. The highest BCUT2D eigenvalue weighted by Crippen LogP contribution is 2.34. The minimum atomic E-state index is -0.332. The molecule has 3 aromatic heterocycles. The van der Waals surface area contributed by atoms with E-state index in [0.717, 1.165) is 76.3 Å². The van der Waals surface area contributed by atoms with Gasteiger partial charge in [0.1, 0.15) is 29.7 Å². The number of benzene rings is 4. The standard InChI is InChI=1S/C26H25N5O3.C19H20N4O/c1-18-8-9-20-22(15-18)28-24(21-6-2-3-7-23(21)32)29-25(20)30-11-13-31(14-12-30)26(33)34-17-19-5-4-10-27-16-19;1-13-6-7-14-16(12-13)21-18(15-4-2-3-5-17(15)24)22-19(14)23-10-8-20-9-11-23/h2-10,15-16,32H,11-14,17H2,1H3;2-7,12,20,24H,8-11H2,1H3. The molecule has 9 rings (SSSR count). The average Bonchev–Trinajstić information content (AvgIpc) is 3.26. The fraction of sp³-hybridized carbons (Fsp3) is 0.244. The van der Waals surface area contributed by atoms with Gasteiger partial charge in [-0.3, -0.25) is 4.98 Å². The second kappa shape index (κ2) is 17.1. The van der Waals surface area contributed by atoms with Gasteiger partial charge in [-0.25, -0.2) is 24.7 Å². The number of rotatable bonds is 6. The van der Waals surface area contributed by atoms with Crippen LogP contribution >= 0.6 is 0 Å². The van der Waals surface area contributed by atoms with Gasteiger partial charge in [0.15, 0.2) is 11.6 Å². The number of anilines is 2. The lowest BCUT2D eigenvalue weighted by Gasteiger charge is -2.35. The quantitative estimate of drug-likeness (QED) is 0.161. The van der Waals surface area contributed by atoms with Crippen LogP contribution in [0.25, 0.3) is 44.6 Å². The molecule has 0 spiro atoms. The molecule has 4 aromatic carbocycles. The molecule has 2 saturated heterocycles. The van der Waals surface area contributed by atoms with E-state index in [1.807, 2.05) is 61.5 Å². The number of phenols is 2. The highest BCUT2D eigenvalue weighted by atomic mass is 16.6. The first-order valence-electron chi connectivity index (χ1n) is 19.5. The molecular formula is C45H45N9O4. The Morgan fingerprint density at radius 1 is 0.655 bits per heavy atom. The van der Waals surface area contributed by atoms with E-state index in [1.165, 1.54) is 0 Å². The fourth-order valence-corrected chi connectivity index (χ4v) is 7.19. The Morgan fingerprint density at radius 2 is 1.19 bits per heavy atom. The maximum absolute atomic E-state index is 12.6. The molecule has 0 saturated carbocycles. The van der Waals surface area contributed by atoms with Crippen LogP contribution in [-0.4, -0.2) is 98.5 Å². The van der Waals surface area contributed by atoms with E-state index in [-0.39, 0.29) is 24.2 Å². The van der Waals surface area contributed by atoms with Crippen LogP contribution in [0.4, 0.5) is 16.4 Å². The number of hydrogen-bond donors (Lipinski definition) is 3. The minimum absolute atomic E-state index is 0.140. The summed E-state index contributed by atoms with van der Waals surface area (Å²) in [6, 6.07) is 30.4. The van der Waals surface area contributed by atoms with Gasteiger partial charge in [-0.05, 0) is 79.6 Å². The second-order valence-electron chi connectivity index (χ2n) is 14.4. The third-order valence-corrected chi connectivity index (χ3v) is 10.3. The van der Waals surface area contributed by atoms with Gasteiger partial charge in [-0.2, -0.15) is 0 Å². The normalized spacial score (nSPS) is 14.3. The predicted octanol–water partition coefficient (Wildman–Crippen LogP) is 6.89. The zero-order valence-electron chi connectivity index (χ0n) is 32.5. The van der Waals surface area contributed by atoms with Crippen LogP contribution in [0.2, 0.25) is 0 Å². The first-order valence-corrected chi connectivity index (χ1v) is 19.5. The summed E-state index contributed by atoms with van der Waals surface area (Å²) in [6.07, 6.45) is 3.05. The molecule has 0 radical (unpaired) electrons. The molecule has 0 unspecified atom stereocenters. The Kier molecular flexibility index (Phi) is 11.2. The minimum Gasteiger partial charge on any atom is -0.507 e. The number of nitrogens with one attached hydrogen (secondary N) is 1. The number of pyridine rings is 1. The maximum Gasteiger partial charge on any atom is 0.410 e. The van der Waals surface area contributed by atoms with Gasteiger partial charge in [0.25, 0.3) is 0 Å². The summed E-state index contributed by atoms with van der Waals surface area (Å²) in [4.78, 5) is 41.9. The Labute approximate surface area is 336 Å². The van der Waals surface area contributed by atoms with E-state index in [0.29, 0.717) is 49.0 Å². The number of hydrogen-bond acceptors (Lipinski definition) is 12. The third-order valence-electron chi connectivity index (χ3n) is 10.3. The fourth-order valence-electron chi connectivity index (χ4n) is 7.19. The van der Waals surface area contributed by atoms with Gasteiger partial charge >= 0.3 is 6.09 Å². The molecule has 5 heterocycles. The Morgan fingerprint density at radius 3 is 1.71 bits per heavy atom. The summed E-state index contributed by atoms with van der Waals surface area (Å²) < 4.78 is 5.46. The lowest BCUT2D eigenvalue weighted by atomic mass is 10.1. The Bertz CT molecular complexity index is 2560. The lowest BCUT2D eigenvalue weighted by Crippen LogP contribution is -2.49. The molecule has 58 heavy (non-hydrogen) atoms. The molecule has 7 aromatic rings. The summed E-state index contributed by atoms with van der Waals surface area (Å²) in [7, 11) is 0. The third kappa shape index (κ3) is 8.44. The van der Waals surface area contributed by atoms with Crippen molar-refractivity contribution in [1.82, 2.24) is 35.1 Å². The number of amides is 1. The maximum atomic E-state index is 12.6. The molecular weight excluding hydrogens is 731 g/mol. The van der Waals surface area contributed by atoms with E-state index < -0.39 is 0 Å².